The van der Waals surface area contributed by atoms with Crippen LogP contribution in [0.25, 0.3) is 16.8 Å². The number of fused-ring (bicyclic) bond motifs is 1. The zero-order valence-electron chi connectivity index (χ0n) is 14.6. The molecule has 28 heavy (non-hydrogen) atoms. The molecule has 10 heteroatoms. The Morgan fingerprint density at radius 2 is 1.64 bits per heavy atom. The number of aliphatic hydroxyl groups excluding tert-OH is 1. The van der Waals surface area contributed by atoms with E-state index in [1.807, 2.05) is 0 Å². The number of pyridine rings is 1. The summed E-state index contributed by atoms with van der Waals surface area (Å²) in [7, 11) is 0. The fourth-order valence-corrected chi connectivity index (χ4v) is 2.74. The van der Waals surface area contributed by atoms with Gasteiger partial charge in [-0.25, -0.2) is 0 Å². The van der Waals surface area contributed by atoms with Gasteiger partial charge in [0, 0.05) is 6.20 Å². The molecule has 1 N–H and O–H groups in total. The summed E-state index contributed by atoms with van der Waals surface area (Å²) in [4.78, 5) is 0. The number of aromatic nitrogens is 3. The van der Waals surface area contributed by atoms with E-state index in [1.165, 1.54) is 24.4 Å². The molecule has 0 aliphatic rings. The highest BCUT2D eigenvalue weighted by molar-refractivity contribution is 5.65. The van der Waals surface area contributed by atoms with Crippen molar-refractivity contribution in [3.8, 4) is 16.9 Å². The minimum Gasteiger partial charge on any atom is -0.406 e. The first-order valence-electron chi connectivity index (χ1n) is 8.39. The van der Waals surface area contributed by atoms with Crippen molar-refractivity contribution in [1.82, 2.24) is 14.6 Å². The number of alkyl halides is 5. The summed E-state index contributed by atoms with van der Waals surface area (Å²) in [5.74, 6) is -4.71. The monoisotopic (exact) mass is 401 g/mol. The van der Waals surface area contributed by atoms with Crippen molar-refractivity contribution in [2.45, 2.75) is 38.2 Å². The quantitative estimate of drug-likeness (QED) is 0.616. The average Bonchev–Trinajstić information content (AvgIpc) is 3.05. The van der Waals surface area contributed by atoms with Crippen LogP contribution in [0.2, 0.25) is 0 Å². The number of nitrogens with zero attached hydrogens (tertiary/aromatic N) is 3. The molecule has 150 valence electrons. The summed E-state index contributed by atoms with van der Waals surface area (Å²) in [5.41, 5.74) is 1.08. The minimum absolute atomic E-state index is 0.109. The Balaban J connectivity index is 1.96. The molecule has 3 rings (SSSR count). The number of rotatable bonds is 6. The largest absolute Gasteiger partial charge is 0.573 e. The first-order chi connectivity index (χ1) is 13.1. The molecule has 0 fully saturated rings. The molecule has 0 radical (unpaired) electrons. The first kappa shape index (κ1) is 20.0. The summed E-state index contributed by atoms with van der Waals surface area (Å²) in [6.45, 7) is 1.67. The summed E-state index contributed by atoms with van der Waals surface area (Å²) in [5, 5.41) is 17.0. The standard InChI is InChI=1S/C18H16F5N3O2/c1-2-3-14(27)17(19,20)16-25-24-15-9-6-12(10-26(15)16)11-4-7-13(8-5-11)28-18(21,22)23/h4-10,14,27H,2-3H2,1H3. The van der Waals surface area contributed by atoms with E-state index in [1.54, 1.807) is 13.0 Å². The summed E-state index contributed by atoms with van der Waals surface area (Å²) >= 11 is 0. The third kappa shape index (κ3) is 4.06. The molecule has 2 heterocycles. The van der Waals surface area contributed by atoms with Crippen molar-refractivity contribution in [3.63, 3.8) is 0 Å². The highest BCUT2D eigenvalue weighted by Gasteiger charge is 2.44. The molecule has 1 atom stereocenters. The van der Waals surface area contributed by atoms with Gasteiger partial charge in [0.2, 0.25) is 5.82 Å². The molecular weight excluding hydrogens is 385 g/mol. The SMILES string of the molecule is CCCC(O)C(F)(F)c1nnc2ccc(-c3ccc(OC(F)(F)F)cc3)cn12. The Kier molecular flexibility index (Phi) is 5.24. The number of hydrogen-bond donors (Lipinski definition) is 1. The first-order valence-corrected chi connectivity index (χ1v) is 8.39. The molecule has 0 saturated heterocycles. The topological polar surface area (TPSA) is 59.7 Å². The van der Waals surface area contributed by atoms with Gasteiger partial charge in [-0.15, -0.1) is 23.4 Å². The van der Waals surface area contributed by atoms with Crippen LogP contribution in [0.5, 0.6) is 5.75 Å². The lowest BCUT2D eigenvalue weighted by molar-refractivity contribution is -0.274. The second-order valence-electron chi connectivity index (χ2n) is 6.17. The molecule has 2 aromatic heterocycles. The molecule has 3 aromatic rings. The maximum absolute atomic E-state index is 14.5. The maximum Gasteiger partial charge on any atom is 0.573 e. The fourth-order valence-electron chi connectivity index (χ4n) is 2.74. The molecule has 0 aliphatic heterocycles. The van der Waals surface area contributed by atoms with E-state index >= 15 is 0 Å². The number of hydrogen-bond acceptors (Lipinski definition) is 4. The van der Waals surface area contributed by atoms with E-state index in [4.69, 9.17) is 0 Å². The molecule has 0 spiro atoms. The third-order valence-electron chi connectivity index (χ3n) is 4.10. The van der Waals surface area contributed by atoms with Gasteiger partial charge in [-0.1, -0.05) is 25.5 Å². The van der Waals surface area contributed by atoms with Gasteiger partial charge < -0.3 is 9.84 Å². The number of ether oxygens (including phenoxy) is 1. The van der Waals surface area contributed by atoms with Crippen LogP contribution in [-0.4, -0.2) is 32.2 Å². The Hall–Kier alpha value is -2.75. The van der Waals surface area contributed by atoms with Gasteiger partial charge in [0.1, 0.15) is 11.9 Å². The van der Waals surface area contributed by atoms with Gasteiger partial charge in [-0.2, -0.15) is 8.78 Å². The number of benzene rings is 1. The summed E-state index contributed by atoms with van der Waals surface area (Å²) < 4.78 is 70.7. The van der Waals surface area contributed by atoms with Crippen LogP contribution in [-0.2, 0) is 5.92 Å². The van der Waals surface area contributed by atoms with Crippen molar-refractivity contribution < 1.29 is 31.8 Å². The second-order valence-corrected chi connectivity index (χ2v) is 6.17. The van der Waals surface area contributed by atoms with E-state index in [0.29, 0.717) is 17.5 Å². The van der Waals surface area contributed by atoms with Crippen LogP contribution in [0.15, 0.2) is 42.6 Å². The lowest BCUT2D eigenvalue weighted by Gasteiger charge is -2.20. The Labute approximate surface area is 156 Å². The maximum atomic E-state index is 14.5. The fraction of sp³-hybridized carbons (Fsp3) is 0.333. The van der Waals surface area contributed by atoms with Crippen LogP contribution >= 0.6 is 0 Å². The molecular formula is C18H16F5N3O2. The highest BCUT2D eigenvalue weighted by Crippen LogP contribution is 2.34. The molecule has 5 nitrogen and oxygen atoms in total. The van der Waals surface area contributed by atoms with Gasteiger partial charge in [0.15, 0.2) is 5.65 Å². The van der Waals surface area contributed by atoms with Crippen LogP contribution in [0.3, 0.4) is 0 Å². The van der Waals surface area contributed by atoms with E-state index in [9.17, 15) is 27.1 Å². The van der Waals surface area contributed by atoms with E-state index < -0.39 is 30.0 Å². The minimum atomic E-state index is -4.80. The molecule has 0 aliphatic carbocycles. The van der Waals surface area contributed by atoms with Crippen molar-refractivity contribution in [3.05, 3.63) is 48.4 Å². The predicted octanol–water partition coefficient (Wildman–Crippen LogP) is 4.55. The third-order valence-corrected chi connectivity index (χ3v) is 4.10. The van der Waals surface area contributed by atoms with Crippen LogP contribution < -0.4 is 4.74 Å². The zero-order valence-corrected chi connectivity index (χ0v) is 14.6. The van der Waals surface area contributed by atoms with Crippen LogP contribution in [0.1, 0.15) is 25.6 Å². The van der Waals surface area contributed by atoms with Gasteiger partial charge in [-0.3, -0.25) is 4.40 Å². The van der Waals surface area contributed by atoms with Gasteiger partial charge in [0.25, 0.3) is 0 Å². The van der Waals surface area contributed by atoms with Crippen molar-refractivity contribution in [2.24, 2.45) is 0 Å². The zero-order chi connectivity index (χ0) is 20.5. The molecule has 0 amide bonds. The van der Waals surface area contributed by atoms with Crippen LogP contribution in [0, 0.1) is 0 Å². The Bertz CT molecular complexity index is 954. The number of aliphatic hydroxyl groups is 1. The smallest absolute Gasteiger partial charge is 0.406 e. The average molecular weight is 401 g/mol. The highest BCUT2D eigenvalue weighted by atomic mass is 19.4. The molecule has 0 bridgehead atoms. The van der Waals surface area contributed by atoms with E-state index in [-0.39, 0.29) is 12.1 Å². The lowest BCUT2D eigenvalue weighted by atomic mass is 10.1. The summed E-state index contributed by atoms with van der Waals surface area (Å²) in [6, 6.07) is 8.02. The Morgan fingerprint density at radius 1 is 1.00 bits per heavy atom. The lowest BCUT2D eigenvalue weighted by Crippen LogP contribution is -2.32. The van der Waals surface area contributed by atoms with Crippen molar-refractivity contribution in [2.75, 3.05) is 0 Å². The second kappa shape index (κ2) is 7.34. The predicted molar refractivity (Wildman–Crippen MR) is 89.9 cm³/mol. The molecule has 1 unspecified atom stereocenters. The summed E-state index contributed by atoms with van der Waals surface area (Å²) in [6.07, 6.45) is -5.11. The molecule has 1 aromatic carbocycles. The van der Waals surface area contributed by atoms with Crippen molar-refractivity contribution in [1.29, 1.82) is 0 Å². The van der Waals surface area contributed by atoms with Gasteiger partial charge >= 0.3 is 12.3 Å². The van der Waals surface area contributed by atoms with E-state index in [0.717, 1.165) is 16.5 Å². The number of halogens is 5. The van der Waals surface area contributed by atoms with E-state index in [2.05, 4.69) is 14.9 Å². The Morgan fingerprint density at radius 3 is 2.25 bits per heavy atom. The van der Waals surface area contributed by atoms with Gasteiger partial charge in [0.05, 0.1) is 0 Å². The normalized spacial score (nSPS) is 13.7. The van der Waals surface area contributed by atoms with Crippen molar-refractivity contribution >= 4 is 5.65 Å². The molecule has 0 saturated carbocycles. The van der Waals surface area contributed by atoms with Gasteiger partial charge in [-0.05, 0) is 41.8 Å². The van der Waals surface area contributed by atoms with Crippen LogP contribution in [0.4, 0.5) is 22.0 Å².